The summed E-state index contributed by atoms with van der Waals surface area (Å²) in [4.78, 5) is 55.8. The molecule has 30 heavy (non-hydrogen) atoms. The number of aromatic amines is 1. The summed E-state index contributed by atoms with van der Waals surface area (Å²) in [5.74, 6) is -2.78. The first-order valence-electron chi connectivity index (χ1n) is 9.62. The van der Waals surface area contributed by atoms with Crippen LogP contribution >= 0.6 is 11.6 Å². The zero-order chi connectivity index (χ0) is 22.3. The molecule has 1 atom stereocenters. The lowest BCUT2D eigenvalue weighted by Crippen LogP contribution is -2.50. The van der Waals surface area contributed by atoms with Gasteiger partial charge in [0.25, 0.3) is 5.91 Å². The number of hydrazine groups is 1. The van der Waals surface area contributed by atoms with Crippen LogP contribution < -0.4 is 11.2 Å². The van der Waals surface area contributed by atoms with Crippen molar-refractivity contribution in [1.29, 1.82) is 0 Å². The third kappa shape index (κ3) is 6.55. The molecule has 2 aromatic rings. The molecule has 0 spiro atoms. The Labute approximate surface area is 179 Å². The highest BCUT2D eigenvalue weighted by Crippen LogP contribution is 2.21. The molecule has 0 aliphatic rings. The first-order chi connectivity index (χ1) is 14.2. The fourth-order valence-corrected chi connectivity index (χ4v) is 3.21. The Morgan fingerprint density at radius 1 is 1.30 bits per heavy atom. The Morgan fingerprint density at radius 2 is 2.03 bits per heavy atom. The molecule has 162 valence electrons. The van der Waals surface area contributed by atoms with Gasteiger partial charge in [-0.25, -0.2) is 0 Å². The molecule has 0 unspecified atom stereocenters. The van der Waals surface area contributed by atoms with Crippen molar-refractivity contribution in [1.82, 2.24) is 20.4 Å². The van der Waals surface area contributed by atoms with Crippen molar-refractivity contribution in [3.05, 3.63) is 30.2 Å². The van der Waals surface area contributed by atoms with E-state index in [9.17, 15) is 19.2 Å². The van der Waals surface area contributed by atoms with E-state index in [2.05, 4.69) is 15.4 Å². The van der Waals surface area contributed by atoms with Crippen molar-refractivity contribution in [2.45, 2.75) is 33.1 Å². The van der Waals surface area contributed by atoms with Gasteiger partial charge in [-0.15, -0.1) is 11.6 Å². The largest absolute Gasteiger partial charge is 0.370 e. The van der Waals surface area contributed by atoms with E-state index in [4.69, 9.17) is 17.3 Å². The minimum atomic E-state index is -0.666. The summed E-state index contributed by atoms with van der Waals surface area (Å²) in [6.45, 7) is 3.78. The van der Waals surface area contributed by atoms with Gasteiger partial charge < -0.3 is 10.7 Å². The quantitative estimate of drug-likeness (QED) is 0.296. The number of nitrogens with two attached hydrogens (primary N) is 1. The zero-order valence-corrected chi connectivity index (χ0v) is 17.7. The maximum Gasteiger partial charge on any atom is 0.255 e. The Morgan fingerprint density at radius 3 is 2.63 bits per heavy atom. The number of carbonyl (C=O) groups is 4. The summed E-state index contributed by atoms with van der Waals surface area (Å²) in [5.41, 5.74) is 8.79. The van der Waals surface area contributed by atoms with Crippen LogP contribution in [0.5, 0.6) is 0 Å². The number of halogens is 1. The number of rotatable bonds is 10. The number of nitrogens with zero attached hydrogens (tertiary/aromatic N) is 2. The summed E-state index contributed by atoms with van der Waals surface area (Å²) >= 11 is 5.59. The summed E-state index contributed by atoms with van der Waals surface area (Å²) in [7, 11) is 0. The van der Waals surface area contributed by atoms with Gasteiger partial charge in [0.2, 0.25) is 11.8 Å². The second-order valence-electron chi connectivity index (χ2n) is 7.47. The van der Waals surface area contributed by atoms with Crippen LogP contribution in [0.1, 0.15) is 43.6 Å². The Kier molecular flexibility index (Phi) is 8.35. The molecule has 0 fully saturated rings. The van der Waals surface area contributed by atoms with Gasteiger partial charge in [-0.05, 0) is 24.5 Å². The number of Topliss-reactive ketones (excluding diaryl/α,β-unsaturated/α-hetero) is 1. The minimum absolute atomic E-state index is 0.0387. The number of ketones is 1. The van der Waals surface area contributed by atoms with Gasteiger partial charge in [-0.2, -0.15) is 0 Å². The number of amides is 3. The number of primary amides is 1. The first kappa shape index (κ1) is 23.3. The van der Waals surface area contributed by atoms with E-state index in [1.54, 1.807) is 24.5 Å². The number of hydrogen-bond acceptors (Lipinski definition) is 5. The van der Waals surface area contributed by atoms with Gasteiger partial charge in [0.05, 0.1) is 12.2 Å². The summed E-state index contributed by atoms with van der Waals surface area (Å²) < 4.78 is 0. The topological polar surface area (TPSA) is 138 Å². The highest BCUT2D eigenvalue weighted by atomic mass is 35.5. The van der Waals surface area contributed by atoms with E-state index < -0.39 is 23.6 Å². The van der Waals surface area contributed by atoms with Gasteiger partial charge in [0, 0.05) is 42.1 Å². The lowest BCUT2D eigenvalue weighted by Gasteiger charge is -2.25. The van der Waals surface area contributed by atoms with E-state index in [0.717, 1.165) is 15.9 Å². The van der Waals surface area contributed by atoms with Crippen molar-refractivity contribution in [2.24, 2.45) is 17.6 Å². The SMILES string of the molecule is CC(C)C[C@H](CC(=O)c1cc2cnccc2[nH]1)C(=O)NN(CCC(N)=O)C(=O)CCl. The lowest BCUT2D eigenvalue weighted by atomic mass is 9.91. The Hall–Kier alpha value is -2.94. The number of pyridine rings is 1. The average molecular weight is 436 g/mol. The van der Waals surface area contributed by atoms with Crippen LogP contribution in [0.2, 0.25) is 0 Å². The van der Waals surface area contributed by atoms with E-state index in [1.807, 2.05) is 13.8 Å². The smallest absolute Gasteiger partial charge is 0.255 e. The molecule has 0 saturated carbocycles. The van der Waals surface area contributed by atoms with Crippen molar-refractivity contribution in [3.63, 3.8) is 0 Å². The van der Waals surface area contributed by atoms with Crippen LogP contribution in [0.3, 0.4) is 0 Å². The van der Waals surface area contributed by atoms with Crippen LogP contribution in [0.25, 0.3) is 10.9 Å². The molecule has 10 heteroatoms. The van der Waals surface area contributed by atoms with Crippen LogP contribution in [0.4, 0.5) is 0 Å². The molecule has 0 aliphatic heterocycles. The normalized spacial score (nSPS) is 12.0. The van der Waals surface area contributed by atoms with E-state index >= 15 is 0 Å². The summed E-state index contributed by atoms with van der Waals surface area (Å²) in [6.07, 6.45) is 3.55. The van der Waals surface area contributed by atoms with Crippen molar-refractivity contribution >= 4 is 46.0 Å². The van der Waals surface area contributed by atoms with Crippen LogP contribution in [-0.4, -0.2) is 50.9 Å². The van der Waals surface area contributed by atoms with Crippen LogP contribution in [0.15, 0.2) is 24.5 Å². The number of hydrogen-bond donors (Lipinski definition) is 3. The first-order valence-corrected chi connectivity index (χ1v) is 10.2. The molecule has 2 heterocycles. The average Bonchev–Trinajstić information content (AvgIpc) is 3.13. The predicted molar refractivity (Wildman–Crippen MR) is 112 cm³/mol. The van der Waals surface area contributed by atoms with Crippen molar-refractivity contribution in [2.75, 3.05) is 12.4 Å². The summed E-state index contributed by atoms with van der Waals surface area (Å²) in [6, 6.07) is 3.46. The highest BCUT2D eigenvalue weighted by molar-refractivity contribution is 6.27. The molecule has 3 amide bonds. The molecule has 0 radical (unpaired) electrons. The number of carbonyl (C=O) groups excluding carboxylic acids is 4. The number of aromatic nitrogens is 2. The van der Waals surface area contributed by atoms with Gasteiger partial charge in [-0.1, -0.05) is 13.8 Å². The maximum atomic E-state index is 12.9. The van der Waals surface area contributed by atoms with E-state index in [1.165, 1.54) is 0 Å². The molecular weight excluding hydrogens is 410 g/mol. The maximum absolute atomic E-state index is 12.9. The minimum Gasteiger partial charge on any atom is -0.370 e. The summed E-state index contributed by atoms with van der Waals surface area (Å²) in [5, 5.41) is 1.78. The molecule has 4 N–H and O–H groups in total. The number of nitrogens with one attached hydrogen (secondary N) is 2. The Bertz CT molecular complexity index is 894. The van der Waals surface area contributed by atoms with Gasteiger partial charge in [0.15, 0.2) is 5.78 Å². The van der Waals surface area contributed by atoms with Gasteiger partial charge in [-0.3, -0.25) is 34.6 Å². The molecule has 2 aromatic heterocycles. The second-order valence-corrected chi connectivity index (χ2v) is 7.74. The standard InChI is InChI=1S/C20H26ClN5O4/c1-12(2)7-13(20(30)25-26(19(29)10-21)6-4-18(22)28)9-17(27)16-8-14-11-23-5-3-15(14)24-16/h3,5,8,11-13,24H,4,6-7,9-10H2,1-2H3,(H2,22,28)(H,25,30)/t13-/m1/s1. The van der Waals surface area contributed by atoms with Gasteiger partial charge in [0.1, 0.15) is 5.88 Å². The number of alkyl halides is 1. The predicted octanol–water partition coefficient (Wildman–Crippen LogP) is 1.77. The second kappa shape index (κ2) is 10.7. The van der Waals surface area contributed by atoms with E-state index in [0.29, 0.717) is 12.1 Å². The third-order valence-corrected chi connectivity index (χ3v) is 4.75. The monoisotopic (exact) mass is 435 g/mol. The highest BCUT2D eigenvalue weighted by Gasteiger charge is 2.27. The van der Waals surface area contributed by atoms with Crippen molar-refractivity contribution < 1.29 is 19.2 Å². The molecule has 0 bridgehead atoms. The zero-order valence-electron chi connectivity index (χ0n) is 17.0. The molecule has 0 aromatic carbocycles. The molecular formula is C20H26ClN5O4. The third-order valence-electron chi connectivity index (χ3n) is 4.52. The number of H-pyrrole nitrogens is 1. The fraction of sp³-hybridized carbons (Fsp3) is 0.450. The molecule has 9 nitrogen and oxygen atoms in total. The number of fused-ring (bicyclic) bond motifs is 1. The fourth-order valence-electron chi connectivity index (χ4n) is 3.07. The van der Waals surface area contributed by atoms with Gasteiger partial charge >= 0.3 is 0 Å². The van der Waals surface area contributed by atoms with Crippen LogP contribution in [0, 0.1) is 11.8 Å². The molecule has 2 rings (SSSR count). The lowest BCUT2D eigenvalue weighted by molar-refractivity contribution is -0.142. The van der Waals surface area contributed by atoms with E-state index in [-0.39, 0.29) is 37.0 Å². The molecule has 0 aliphatic carbocycles. The van der Waals surface area contributed by atoms with Crippen LogP contribution in [-0.2, 0) is 14.4 Å². The van der Waals surface area contributed by atoms with Crippen molar-refractivity contribution in [3.8, 4) is 0 Å². The Balaban J connectivity index is 2.13. The molecule has 0 saturated heterocycles.